The molecule has 0 bridgehead atoms. The molecule has 0 amide bonds. The van der Waals surface area contributed by atoms with Gasteiger partial charge in [0.05, 0.1) is 11.0 Å². The number of nitrogens with zero attached hydrogens (tertiary/aromatic N) is 4. The Morgan fingerprint density at radius 3 is 2.12 bits per heavy atom. The van der Waals surface area contributed by atoms with Crippen LogP contribution in [0.1, 0.15) is 11.1 Å². The van der Waals surface area contributed by atoms with Crippen LogP contribution in [0.25, 0.3) is 21.8 Å². The normalized spacial score (nSPS) is 11.1. The highest BCUT2D eigenvalue weighted by atomic mass is 14.8. The molecular formula is C12H10N4. The van der Waals surface area contributed by atoms with E-state index >= 15 is 0 Å². The second kappa shape index (κ2) is 3.20. The van der Waals surface area contributed by atoms with E-state index in [0.717, 1.165) is 21.8 Å². The van der Waals surface area contributed by atoms with E-state index in [1.54, 1.807) is 12.7 Å². The maximum Gasteiger partial charge on any atom is 0.116 e. The lowest BCUT2D eigenvalue weighted by Gasteiger charge is -2.08. The first-order chi connectivity index (χ1) is 7.79. The Bertz CT molecular complexity index is 630. The van der Waals surface area contributed by atoms with Crippen LogP contribution in [0.4, 0.5) is 0 Å². The van der Waals surface area contributed by atoms with Crippen molar-refractivity contribution < 1.29 is 0 Å². The lowest BCUT2D eigenvalue weighted by molar-refractivity contribution is 1.19. The van der Waals surface area contributed by atoms with Crippen molar-refractivity contribution in [2.24, 2.45) is 0 Å². The fraction of sp³-hybridized carbons (Fsp3) is 0.167. The summed E-state index contributed by atoms with van der Waals surface area (Å²) in [5.41, 5.74) is 4.24. The van der Waals surface area contributed by atoms with Crippen LogP contribution in [0.3, 0.4) is 0 Å². The predicted octanol–water partition coefficient (Wildman–Crippen LogP) is 2.19. The van der Waals surface area contributed by atoms with E-state index in [4.69, 9.17) is 0 Å². The van der Waals surface area contributed by atoms with Crippen LogP contribution in [0.2, 0.25) is 0 Å². The molecule has 0 aliphatic heterocycles. The molecule has 0 spiro atoms. The van der Waals surface area contributed by atoms with Crippen LogP contribution >= 0.6 is 0 Å². The van der Waals surface area contributed by atoms with Gasteiger partial charge in [-0.3, -0.25) is 0 Å². The molecule has 4 heteroatoms. The first-order valence-electron chi connectivity index (χ1n) is 5.07. The topological polar surface area (TPSA) is 51.6 Å². The average Bonchev–Trinajstić information content (AvgIpc) is 2.36. The first kappa shape index (κ1) is 9.15. The zero-order chi connectivity index (χ0) is 11.1. The van der Waals surface area contributed by atoms with Gasteiger partial charge in [0.25, 0.3) is 0 Å². The van der Waals surface area contributed by atoms with Gasteiger partial charge in [-0.05, 0) is 25.0 Å². The van der Waals surface area contributed by atoms with Gasteiger partial charge in [0.1, 0.15) is 12.7 Å². The third-order valence-electron chi connectivity index (χ3n) is 3.00. The molecule has 2 heterocycles. The molecule has 16 heavy (non-hydrogen) atoms. The Labute approximate surface area is 92.4 Å². The molecule has 0 saturated carbocycles. The quantitative estimate of drug-likeness (QED) is 0.534. The summed E-state index contributed by atoms with van der Waals surface area (Å²) >= 11 is 0. The Morgan fingerprint density at radius 1 is 0.750 bits per heavy atom. The summed E-state index contributed by atoms with van der Waals surface area (Å²) in [4.78, 5) is 16.8. The molecule has 2 aromatic heterocycles. The summed E-state index contributed by atoms with van der Waals surface area (Å²) < 4.78 is 0. The molecular weight excluding hydrogens is 200 g/mol. The second-order valence-corrected chi connectivity index (χ2v) is 3.82. The molecule has 0 N–H and O–H groups in total. The van der Waals surface area contributed by atoms with Gasteiger partial charge in [0, 0.05) is 23.2 Å². The van der Waals surface area contributed by atoms with Crippen molar-refractivity contribution in [2.45, 2.75) is 13.8 Å². The van der Waals surface area contributed by atoms with Gasteiger partial charge in [-0.25, -0.2) is 19.9 Å². The van der Waals surface area contributed by atoms with E-state index < -0.39 is 0 Å². The molecule has 0 fully saturated rings. The zero-order valence-electron chi connectivity index (χ0n) is 9.10. The lowest BCUT2D eigenvalue weighted by atomic mass is 10.0. The monoisotopic (exact) mass is 210 g/mol. The van der Waals surface area contributed by atoms with Gasteiger partial charge in [0.15, 0.2) is 0 Å². The summed E-state index contributed by atoms with van der Waals surface area (Å²) in [5, 5.41) is 2.06. The van der Waals surface area contributed by atoms with Crippen LogP contribution in [0.15, 0.2) is 25.0 Å². The number of aryl methyl sites for hydroxylation is 2. The molecule has 0 radical (unpaired) electrons. The molecule has 4 nitrogen and oxygen atoms in total. The SMILES string of the molecule is Cc1c(C)c2ncncc2c2ncncc12. The highest BCUT2D eigenvalue weighted by Gasteiger charge is 2.09. The van der Waals surface area contributed by atoms with Crippen molar-refractivity contribution in [3.8, 4) is 0 Å². The van der Waals surface area contributed by atoms with Crippen molar-refractivity contribution in [1.82, 2.24) is 19.9 Å². The summed E-state index contributed by atoms with van der Waals surface area (Å²) in [5.74, 6) is 0. The number of hydrogen-bond donors (Lipinski definition) is 0. The van der Waals surface area contributed by atoms with E-state index in [9.17, 15) is 0 Å². The highest BCUT2D eigenvalue weighted by Crippen LogP contribution is 2.27. The molecule has 0 aliphatic carbocycles. The smallest absolute Gasteiger partial charge is 0.116 e. The molecule has 0 atom stereocenters. The first-order valence-corrected chi connectivity index (χ1v) is 5.07. The second-order valence-electron chi connectivity index (χ2n) is 3.82. The fourth-order valence-electron chi connectivity index (χ4n) is 2.00. The minimum absolute atomic E-state index is 0.925. The molecule has 78 valence electrons. The van der Waals surface area contributed by atoms with Crippen LogP contribution < -0.4 is 0 Å². The standard InChI is InChI=1S/C12H10N4/c1-7-8(2)11-10(4-14-5-15-11)12-9(7)3-13-6-16-12/h3-6H,1-2H3. The lowest BCUT2D eigenvalue weighted by Crippen LogP contribution is -1.93. The summed E-state index contributed by atoms with van der Waals surface area (Å²) in [6.07, 6.45) is 6.78. The van der Waals surface area contributed by atoms with Crippen molar-refractivity contribution >= 4 is 21.8 Å². The Hall–Kier alpha value is -2.10. The third-order valence-corrected chi connectivity index (χ3v) is 3.00. The molecule has 0 aliphatic rings. The van der Waals surface area contributed by atoms with E-state index in [-0.39, 0.29) is 0 Å². The summed E-state index contributed by atoms with van der Waals surface area (Å²) in [7, 11) is 0. The largest absolute Gasteiger partial charge is 0.244 e. The van der Waals surface area contributed by atoms with Gasteiger partial charge in [0.2, 0.25) is 0 Å². The van der Waals surface area contributed by atoms with Crippen molar-refractivity contribution in [2.75, 3.05) is 0 Å². The van der Waals surface area contributed by atoms with Crippen LogP contribution in [0.5, 0.6) is 0 Å². The summed E-state index contributed by atoms with van der Waals surface area (Å²) in [6.45, 7) is 4.14. The van der Waals surface area contributed by atoms with Gasteiger partial charge in [-0.2, -0.15) is 0 Å². The number of benzene rings is 1. The highest BCUT2D eigenvalue weighted by molar-refractivity contribution is 6.06. The van der Waals surface area contributed by atoms with Crippen LogP contribution in [0, 0.1) is 13.8 Å². The van der Waals surface area contributed by atoms with Gasteiger partial charge >= 0.3 is 0 Å². The fourth-order valence-corrected chi connectivity index (χ4v) is 2.00. The van der Waals surface area contributed by atoms with E-state index in [2.05, 4.69) is 33.8 Å². The molecule has 0 unspecified atom stereocenters. The summed E-state index contributed by atoms with van der Waals surface area (Å²) in [6, 6.07) is 0. The van der Waals surface area contributed by atoms with Crippen LogP contribution in [-0.2, 0) is 0 Å². The van der Waals surface area contributed by atoms with Gasteiger partial charge < -0.3 is 0 Å². The van der Waals surface area contributed by atoms with E-state index in [1.807, 2.05) is 12.4 Å². The van der Waals surface area contributed by atoms with E-state index in [0.29, 0.717) is 0 Å². The predicted molar refractivity (Wildman–Crippen MR) is 62.1 cm³/mol. The molecule has 3 rings (SSSR count). The zero-order valence-corrected chi connectivity index (χ0v) is 9.10. The van der Waals surface area contributed by atoms with Crippen molar-refractivity contribution in [3.63, 3.8) is 0 Å². The molecule has 0 saturated heterocycles. The minimum Gasteiger partial charge on any atom is -0.244 e. The van der Waals surface area contributed by atoms with Crippen molar-refractivity contribution in [1.29, 1.82) is 0 Å². The van der Waals surface area contributed by atoms with Gasteiger partial charge in [-0.15, -0.1) is 0 Å². The number of aromatic nitrogens is 4. The maximum absolute atomic E-state index is 4.32. The molecule has 3 aromatic rings. The minimum atomic E-state index is 0.925. The number of hydrogen-bond acceptors (Lipinski definition) is 4. The van der Waals surface area contributed by atoms with Gasteiger partial charge in [-0.1, -0.05) is 0 Å². The average molecular weight is 210 g/mol. The third kappa shape index (κ3) is 1.10. The Balaban J connectivity index is 2.69. The Morgan fingerprint density at radius 2 is 1.38 bits per heavy atom. The number of fused-ring (bicyclic) bond motifs is 3. The van der Waals surface area contributed by atoms with Crippen LogP contribution in [-0.4, -0.2) is 19.9 Å². The van der Waals surface area contributed by atoms with Crippen molar-refractivity contribution in [3.05, 3.63) is 36.2 Å². The number of rotatable bonds is 0. The Kier molecular flexibility index (Phi) is 1.83. The molecule has 1 aromatic carbocycles. The maximum atomic E-state index is 4.32. The van der Waals surface area contributed by atoms with E-state index in [1.165, 1.54) is 11.1 Å².